The van der Waals surface area contributed by atoms with Gasteiger partial charge in [0.25, 0.3) is 0 Å². The summed E-state index contributed by atoms with van der Waals surface area (Å²) in [6.07, 6.45) is 0. The molecule has 0 radical (unpaired) electrons. The minimum absolute atomic E-state index is 0.0159. The van der Waals surface area contributed by atoms with Crippen molar-refractivity contribution in [3.63, 3.8) is 0 Å². The zero-order valence-corrected chi connectivity index (χ0v) is 17.3. The number of halogens is 1. The van der Waals surface area contributed by atoms with Crippen LogP contribution in [0.4, 0.5) is 9.18 Å². The van der Waals surface area contributed by atoms with E-state index in [9.17, 15) is 27.2 Å². The average Bonchev–Trinajstić information content (AvgIpc) is 2.65. The number of carbonyl (C=O) groups is 3. The first-order valence-corrected chi connectivity index (χ1v) is 10.5. The molecule has 0 spiro atoms. The highest BCUT2D eigenvalue weighted by atomic mass is 32.2. The maximum atomic E-state index is 13.8. The van der Waals surface area contributed by atoms with Crippen molar-refractivity contribution in [3.8, 4) is 0 Å². The predicted octanol–water partition coefficient (Wildman–Crippen LogP) is 0.554. The molecule has 3 N–H and O–H groups in total. The Balaban J connectivity index is 2.11. The molecule has 2 rings (SSSR count). The first kappa shape index (κ1) is 23.3. The van der Waals surface area contributed by atoms with Gasteiger partial charge in [-0.1, -0.05) is 12.1 Å². The molecule has 30 heavy (non-hydrogen) atoms. The van der Waals surface area contributed by atoms with Gasteiger partial charge < -0.3 is 20.1 Å². The van der Waals surface area contributed by atoms with Crippen LogP contribution < -0.4 is 15.4 Å². The lowest BCUT2D eigenvalue weighted by Gasteiger charge is -2.26. The number of hydrogen-bond donors (Lipinski definition) is 3. The third-order valence-corrected chi connectivity index (χ3v) is 5.61. The lowest BCUT2D eigenvalue weighted by Crippen LogP contribution is -2.50. The van der Waals surface area contributed by atoms with E-state index in [0.717, 1.165) is 12.1 Å². The molecule has 1 aliphatic rings. The van der Waals surface area contributed by atoms with E-state index in [2.05, 4.69) is 10.6 Å². The molecule has 1 heterocycles. The van der Waals surface area contributed by atoms with Crippen molar-refractivity contribution >= 4 is 28.0 Å². The predicted molar refractivity (Wildman–Crippen MR) is 102 cm³/mol. The van der Waals surface area contributed by atoms with Crippen molar-refractivity contribution in [3.05, 3.63) is 41.4 Å². The Morgan fingerprint density at radius 1 is 1.27 bits per heavy atom. The summed E-state index contributed by atoms with van der Waals surface area (Å²) in [7, 11) is -4.32. The normalized spacial score (nSPS) is 17.6. The van der Waals surface area contributed by atoms with Crippen LogP contribution in [-0.4, -0.2) is 51.7 Å². The highest BCUT2D eigenvalue weighted by Gasteiger charge is 2.31. The maximum absolute atomic E-state index is 13.8. The highest BCUT2D eigenvalue weighted by molar-refractivity contribution is 7.89. The van der Waals surface area contributed by atoms with Gasteiger partial charge in [-0.25, -0.2) is 22.4 Å². The van der Waals surface area contributed by atoms with Crippen molar-refractivity contribution in [1.29, 1.82) is 0 Å². The Kier molecular flexibility index (Phi) is 7.51. The van der Waals surface area contributed by atoms with E-state index in [1.54, 1.807) is 13.8 Å². The van der Waals surface area contributed by atoms with E-state index in [-0.39, 0.29) is 17.9 Å². The summed E-state index contributed by atoms with van der Waals surface area (Å²) in [4.78, 5) is 35.5. The average molecular weight is 443 g/mol. The molecule has 0 aliphatic carbocycles. The molecule has 1 aromatic rings. The van der Waals surface area contributed by atoms with Gasteiger partial charge in [-0.05, 0) is 32.9 Å². The van der Waals surface area contributed by atoms with Crippen molar-refractivity contribution in [1.82, 2.24) is 15.4 Å². The molecule has 10 nitrogen and oxygen atoms in total. The number of ether oxygens (including phenoxy) is 2. The zero-order chi connectivity index (χ0) is 22.5. The second-order valence-corrected chi connectivity index (χ2v) is 8.00. The van der Waals surface area contributed by atoms with Crippen LogP contribution in [-0.2, 0) is 29.1 Å². The van der Waals surface area contributed by atoms with Gasteiger partial charge in [-0.15, -0.1) is 0 Å². The quantitative estimate of drug-likeness (QED) is 0.499. The van der Waals surface area contributed by atoms with Crippen LogP contribution in [0.2, 0.25) is 0 Å². The summed E-state index contributed by atoms with van der Waals surface area (Å²) in [6, 6.07) is 2.04. The summed E-state index contributed by atoms with van der Waals surface area (Å²) >= 11 is 0. The fourth-order valence-corrected chi connectivity index (χ4v) is 3.94. The number of benzene rings is 1. The Hall–Kier alpha value is -2.99. The van der Waals surface area contributed by atoms with Crippen LogP contribution in [0.15, 0.2) is 40.4 Å². The third kappa shape index (κ3) is 5.54. The van der Waals surface area contributed by atoms with E-state index in [4.69, 9.17) is 9.47 Å². The molecule has 0 aromatic heterocycles. The molecule has 1 aliphatic heterocycles. The Morgan fingerprint density at radius 2 is 1.93 bits per heavy atom. The lowest BCUT2D eigenvalue weighted by atomic mass is 10.0. The lowest BCUT2D eigenvalue weighted by molar-refractivity contribution is -0.145. The van der Waals surface area contributed by atoms with Gasteiger partial charge in [0.2, 0.25) is 10.0 Å². The van der Waals surface area contributed by atoms with E-state index in [1.165, 1.54) is 19.1 Å². The summed E-state index contributed by atoms with van der Waals surface area (Å²) in [5, 5.41) is 4.86. The van der Waals surface area contributed by atoms with Crippen molar-refractivity contribution in [2.45, 2.75) is 37.8 Å². The summed E-state index contributed by atoms with van der Waals surface area (Å²) in [6.45, 7) is 3.98. The fraction of sp³-hybridized carbons (Fsp3) is 0.389. The minimum Gasteiger partial charge on any atom is -0.463 e. The summed E-state index contributed by atoms with van der Waals surface area (Å²) < 4.78 is 50.3. The number of nitrogens with one attached hydrogen (secondary N) is 3. The second kappa shape index (κ2) is 9.67. The van der Waals surface area contributed by atoms with Crippen LogP contribution in [0.25, 0.3) is 0 Å². The Labute approximate surface area is 172 Å². The van der Waals surface area contributed by atoms with Gasteiger partial charge in [0.05, 0.1) is 23.9 Å². The molecular weight excluding hydrogens is 421 g/mol. The van der Waals surface area contributed by atoms with Gasteiger partial charge in [-0.3, -0.25) is 4.79 Å². The van der Waals surface area contributed by atoms with Gasteiger partial charge in [0.1, 0.15) is 23.4 Å². The molecule has 1 unspecified atom stereocenters. The number of hydrogen-bond acceptors (Lipinski definition) is 7. The number of rotatable bonds is 8. The zero-order valence-electron chi connectivity index (χ0n) is 16.5. The molecule has 164 valence electrons. The maximum Gasteiger partial charge on any atom is 0.338 e. The topological polar surface area (TPSA) is 140 Å². The van der Waals surface area contributed by atoms with Crippen LogP contribution >= 0.6 is 0 Å². The highest BCUT2D eigenvalue weighted by Crippen LogP contribution is 2.16. The minimum atomic E-state index is -4.32. The van der Waals surface area contributed by atoms with Crippen molar-refractivity contribution in [2.24, 2.45) is 0 Å². The number of sulfonamides is 1. The number of urea groups is 1. The molecule has 2 atom stereocenters. The standard InChI is InChI=1S/C18H22FN3O7S/c1-4-28-17(24)15-10(2)20-18(25)21-13(15)9-29-16(23)11(3)22-30(26,27)14-8-6-5-7-12(14)19/h5-8,10-11,22H,4,9H2,1-3H3,(H2,20,21,25)/t10?,11-/m1/s1. The Bertz CT molecular complexity index is 978. The molecular formula is C18H22FN3O7S. The summed E-state index contributed by atoms with van der Waals surface area (Å²) in [5.74, 6) is -2.66. The first-order chi connectivity index (χ1) is 14.1. The van der Waals surface area contributed by atoms with Crippen molar-refractivity contribution in [2.75, 3.05) is 13.2 Å². The molecule has 0 bridgehead atoms. The van der Waals surface area contributed by atoms with Crippen LogP contribution in [0.3, 0.4) is 0 Å². The smallest absolute Gasteiger partial charge is 0.338 e. The molecule has 2 amide bonds. The SMILES string of the molecule is CCOC(=O)C1=C(COC(=O)[C@@H](C)NS(=O)(=O)c2ccccc2F)NC(=O)NC1C. The fourth-order valence-electron chi connectivity index (χ4n) is 2.67. The molecule has 12 heteroatoms. The molecule has 0 saturated heterocycles. The number of amides is 2. The van der Waals surface area contributed by atoms with E-state index in [0.29, 0.717) is 0 Å². The summed E-state index contributed by atoms with van der Waals surface area (Å²) in [5.41, 5.74) is 0.0889. The first-order valence-electron chi connectivity index (χ1n) is 8.98. The van der Waals surface area contributed by atoms with Gasteiger partial charge >= 0.3 is 18.0 Å². The van der Waals surface area contributed by atoms with Crippen LogP contribution in [0, 0.1) is 5.82 Å². The van der Waals surface area contributed by atoms with E-state index < -0.39 is 57.4 Å². The van der Waals surface area contributed by atoms with E-state index >= 15 is 0 Å². The number of esters is 2. The van der Waals surface area contributed by atoms with Crippen LogP contribution in [0.5, 0.6) is 0 Å². The van der Waals surface area contributed by atoms with Gasteiger partial charge in [0, 0.05) is 0 Å². The third-order valence-electron chi connectivity index (χ3n) is 4.04. The number of carbonyl (C=O) groups excluding carboxylic acids is 3. The molecule has 1 aromatic carbocycles. The Morgan fingerprint density at radius 3 is 2.57 bits per heavy atom. The largest absolute Gasteiger partial charge is 0.463 e. The van der Waals surface area contributed by atoms with Crippen LogP contribution in [0.1, 0.15) is 20.8 Å². The van der Waals surface area contributed by atoms with E-state index in [1.807, 2.05) is 4.72 Å². The van der Waals surface area contributed by atoms with Gasteiger partial charge in [-0.2, -0.15) is 4.72 Å². The van der Waals surface area contributed by atoms with Crippen molar-refractivity contribution < 1.29 is 36.7 Å². The molecule has 0 fully saturated rings. The molecule has 0 saturated carbocycles. The second-order valence-electron chi connectivity index (χ2n) is 6.31. The monoisotopic (exact) mass is 443 g/mol. The van der Waals surface area contributed by atoms with Gasteiger partial charge in [0.15, 0.2) is 0 Å².